The average Bonchev–Trinajstić information content (AvgIpc) is 3.02. The minimum atomic E-state index is -0.150. The molecular formula is C22H21IN2O4S2. The molecule has 6 nitrogen and oxygen atoms in total. The number of nitrogens with one attached hydrogen (secondary N) is 1. The number of thiocarbonyl (C=S) groups is 1. The van der Waals surface area contributed by atoms with Gasteiger partial charge in [0, 0.05) is 22.2 Å². The summed E-state index contributed by atoms with van der Waals surface area (Å²) in [6.45, 7) is 0.397. The summed E-state index contributed by atoms with van der Waals surface area (Å²) < 4.78 is 12.2. The Morgan fingerprint density at radius 1 is 1.16 bits per heavy atom. The first-order valence-corrected chi connectivity index (χ1v) is 11.7. The predicted octanol–water partition coefficient (Wildman–Crippen LogP) is 4.93. The van der Waals surface area contributed by atoms with Crippen LogP contribution in [-0.4, -0.2) is 41.8 Å². The number of carbonyl (C=O) groups is 2. The molecule has 0 unspecified atom stereocenters. The smallest absolute Gasteiger partial charge is 0.266 e. The van der Waals surface area contributed by atoms with Crippen LogP contribution in [0.1, 0.15) is 18.4 Å². The molecule has 1 aliphatic rings. The first-order valence-electron chi connectivity index (χ1n) is 9.44. The van der Waals surface area contributed by atoms with Gasteiger partial charge in [0.1, 0.15) is 4.32 Å². The molecule has 1 N–H and O–H groups in total. The largest absolute Gasteiger partial charge is 0.493 e. The van der Waals surface area contributed by atoms with Crippen LogP contribution >= 0.6 is 46.6 Å². The second-order valence-corrected chi connectivity index (χ2v) is 9.53. The van der Waals surface area contributed by atoms with E-state index in [0.29, 0.717) is 40.1 Å². The predicted molar refractivity (Wildman–Crippen MR) is 136 cm³/mol. The zero-order valence-electron chi connectivity index (χ0n) is 17.0. The lowest BCUT2D eigenvalue weighted by Crippen LogP contribution is -2.29. The Kier molecular flexibility index (Phi) is 8.33. The maximum atomic E-state index is 12.8. The lowest BCUT2D eigenvalue weighted by Gasteiger charge is -2.14. The van der Waals surface area contributed by atoms with Gasteiger partial charge in [-0.25, -0.2) is 0 Å². The molecule has 0 spiro atoms. The van der Waals surface area contributed by atoms with E-state index in [1.807, 2.05) is 30.3 Å². The van der Waals surface area contributed by atoms with E-state index in [9.17, 15) is 9.59 Å². The van der Waals surface area contributed by atoms with E-state index in [1.165, 1.54) is 11.8 Å². The molecule has 2 aromatic rings. The van der Waals surface area contributed by atoms with Gasteiger partial charge in [0.2, 0.25) is 5.91 Å². The molecule has 1 heterocycles. The van der Waals surface area contributed by atoms with Gasteiger partial charge in [-0.2, -0.15) is 0 Å². The monoisotopic (exact) mass is 568 g/mol. The van der Waals surface area contributed by atoms with E-state index in [2.05, 4.69) is 27.9 Å². The van der Waals surface area contributed by atoms with Gasteiger partial charge in [-0.1, -0.05) is 30.0 Å². The third kappa shape index (κ3) is 6.20. The van der Waals surface area contributed by atoms with Crippen LogP contribution in [0, 0.1) is 3.57 Å². The second-order valence-electron chi connectivity index (χ2n) is 6.61. The van der Waals surface area contributed by atoms with Gasteiger partial charge in [0.25, 0.3) is 5.91 Å². The van der Waals surface area contributed by atoms with Gasteiger partial charge in [-0.05, 0) is 77.0 Å². The van der Waals surface area contributed by atoms with Gasteiger partial charge in [-0.3, -0.25) is 14.5 Å². The minimum Gasteiger partial charge on any atom is -0.493 e. The number of amides is 2. The summed E-state index contributed by atoms with van der Waals surface area (Å²) in [6, 6.07) is 13.0. The first kappa shape index (κ1) is 23.6. The molecule has 1 saturated heterocycles. The van der Waals surface area contributed by atoms with Crippen LogP contribution in [0.25, 0.3) is 6.08 Å². The van der Waals surface area contributed by atoms with Crippen LogP contribution in [0.15, 0.2) is 47.4 Å². The number of carbonyl (C=O) groups excluding carboxylic acids is 2. The third-order valence-corrected chi connectivity index (χ3v) is 6.59. The molecule has 0 aliphatic carbocycles. The van der Waals surface area contributed by atoms with E-state index in [-0.39, 0.29) is 11.8 Å². The highest BCUT2D eigenvalue weighted by molar-refractivity contribution is 14.1. The van der Waals surface area contributed by atoms with E-state index in [4.69, 9.17) is 21.7 Å². The zero-order valence-corrected chi connectivity index (χ0v) is 20.8. The van der Waals surface area contributed by atoms with Crippen LogP contribution in [0.5, 0.6) is 11.5 Å². The number of benzene rings is 2. The van der Waals surface area contributed by atoms with Crippen molar-refractivity contribution in [2.24, 2.45) is 0 Å². The lowest BCUT2D eigenvalue weighted by atomic mass is 10.2. The fourth-order valence-corrected chi connectivity index (χ4v) is 4.61. The molecule has 9 heteroatoms. The summed E-state index contributed by atoms with van der Waals surface area (Å²) in [5.74, 6) is 0.969. The molecule has 0 atom stereocenters. The molecule has 0 aromatic heterocycles. The van der Waals surface area contributed by atoms with Crippen LogP contribution in [-0.2, 0) is 9.59 Å². The molecule has 2 amide bonds. The van der Waals surface area contributed by atoms with Crippen molar-refractivity contribution in [3.63, 3.8) is 0 Å². The molecule has 31 heavy (non-hydrogen) atoms. The lowest BCUT2D eigenvalue weighted by molar-refractivity contribution is -0.122. The first-order chi connectivity index (χ1) is 14.9. The van der Waals surface area contributed by atoms with Crippen molar-refractivity contribution >= 4 is 74.5 Å². The summed E-state index contributed by atoms with van der Waals surface area (Å²) >= 11 is 8.85. The van der Waals surface area contributed by atoms with Crippen molar-refractivity contribution in [2.75, 3.05) is 26.1 Å². The highest BCUT2D eigenvalue weighted by Gasteiger charge is 2.31. The van der Waals surface area contributed by atoms with Crippen molar-refractivity contribution in [2.45, 2.75) is 12.8 Å². The van der Waals surface area contributed by atoms with Crippen molar-refractivity contribution in [3.8, 4) is 11.5 Å². The molecule has 0 radical (unpaired) electrons. The number of nitrogens with zero attached hydrogens (tertiary/aromatic N) is 1. The van der Waals surface area contributed by atoms with Gasteiger partial charge in [0.05, 0.1) is 19.1 Å². The topological polar surface area (TPSA) is 67.9 Å². The van der Waals surface area contributed by atoms with Crippen molar-refractivity contribution in [3.05, 3.63) is 56.5 Å². The van der Waals surface area contributed by atoms with Crippen LogP contribution in [0.4, 0.5) is 5.69 Å². The van der Waals surface area contributed by atoms with Crippen molar-refractivity contribution in [1.82, 2.24) is 4.90 Å². The van der Waals surface area contributed by atoms with Crippen LogP contribution in [0.2, 0.25) is 0 Å². The summed E-state index contributed by atoms with van der Waals surface area (Å²) in [7, 11) is 3.14. The zero-order chi connectivity index (χ0) is 22.4. The van der Waals surface area contributed by atoms with Crippen molar-refractivity contribution in [1.29, 1.82) is 0 Å². The molecule has 0 saturated carbocycles. The molecular weight excluding hydrogens is 547 g/mol. The minimum absolute atomic E-state index is 0.0903. The summed E-state index contributed by atoms with van der Waals surface area (Å²) in [5.41, 5.74) is 1.57. The fourth-order valence-electron chi connectivity index (χ4n) is 2.94. The Bertz CT molecular complexity index is 1020. The number of halogens is 1. The maximum absolute atomic E-state index is 12.8. The van der Waals surface area contributed by atoms with Crippen LogP contribution < -0.4 is 14.8 Å². The number of methoxy groups -OCH3 is 2. The van der Waals surface area contributed by atoms with Gasteiger partial charge in [-0.15, -0.1) is 0 Å². The Morgan fingerprint density at radius 3 is 2.55 bits per heavy atom. The van der Waals surface area contributed by atoms with E-state index >= 15 is 0 Å². The van der Waals surface area contributed by atoms with Gasteiger partial charge < -0.3 is 14.8 Å². The maximum Gasteiger partial charge on any atom is 0.266 e. The fraction of sp³-hybridized carbons (Fsp3) is 0.227. The van der Waals surface area contributed by atoms with Gasteiger partial charge in [0.15, 0.2) is 11.5 Å². The van der Waals surface area contributed by atoms with Crippen LogP contribution in [0.3, 0.4) is 0 Å². The summed E-state index contributed by atoms with van der Waals surface area (Å²) in [6.07, 6.45) is 2.61. The molecule has 1 fully saturated rings. The quantitative estimate of drug-likeness (QED) is 0.277. The number of rotatable bonds is 8. The van der Waals surface area contributed by atoms with Crippen molar-refractivity contribution < 1.29 is 19.1 Å². The standard InChI is InChI=1S/C22H21IN2O4S2/c1-28-17-10-5-14(12-18(17)29-2)13-19-21(27)25(22(30)31-19)11-3-4-20(26)24-16-8-6-15(23)7-9-16/h5-10,12-13H,3-4,11H2,1-2H3,(H,24,26). The highest BCUT2D eigenvalue weighted by Crippen LogP contribution is 2.34. The summed E-state index contributed by atoms with van der Waals surface area (Å²) in [5, 5.41) is 2.86. The normalized spacial score (nSPS) is 14.8. The van der Waals surface area contributed by atoms with E-state index < -0.39 is 0 Å². The van der Waals surface area contributed by atoms with Gasteiger partial charge >= 0.3 is 0 Å². The Balaban J connectivity index is 1.57. The third-order valence-electron chi connectivity index (χ3n) is 4.49. The molecule has 2 aromatic carbocycles. The molecule has 1 aliphatic heterocycles. The Hall–Kier alpha value is -2.11. The highest BCUT2D eigenvalue weighted by atomic mass is 127. The Morgan fingerprint density at radius 2 is 1.87 bits per heavy atom. The average molecular weight is 568 g/mol. The second kappa shape index (κ2) is 11.0. The number of ether oxygens (including phenoxy) is 2. The number of hydrogen-bond donors (Lipinski definition) is 1. The number of thioether (sulfide) groups is 1. The summed E-state index contributed by atoms with van der Waals surface area (Å²) in [4.78, 5) is 27.0. The number of anilines is 1. The Labute approximate surface area is 204 Å². The molecule has 0 bridgehead atoms. The van der Waals surface area contributed by atoms with E-state index in [1.54, 1.807) is 37.3 Å². The molecule has 162 valence electrons. The number of hydrogen-bond acceptors (Lipinski definition) is 6. The SMILES string of the molecule is COc1ccc(C=C2SC(=S)N(CCCC(=O)Nc3ccc(I)cc3)C2=O)cc1OC. The van der Waals surface area contributed by atoms with E-state index in [0.717, 1.165) is 14.8 Å². The molecule has 3 rings (SSSR count).